The Morgan fingerprint density at radius 2 is 2.04 bits per heavy atom. The van der Waals surface area contributed by atoms with Gasteiger partial charge in [-0.05, 0) is 57.4 Å². The van der Waals surface area contributed by atoms with Gasteiger partial charge in [-0.3, -0.25) is 5.10 Å². The number of aryl methyl sites for hydroxylation is 3. The van der Waals surface area contributed by atoms with Crippen LogP contribution in [0.15, 0.2) is 36.5 Å². The first-order chi connectivity index (χ1) is 13.0. The predicted molar refractivity (Wildman–Crippen MR) is 106 cm³/mol. The van der Waals surface area contributed by atoms with E-state index in [1.54, 1.807) is 6.20 Å². The molecule has 3 rings (SSSR count). The fraction of sp³-hybridized carbons (Fsp3) is 0.300. The number of hydrogen-bond acceptors (Lipinski definition) is 4. The van der Waals surface area contributed by atoms with Crippen LogP contribution < -0.4 is 10.6 Å². The van der Waals surface area contributed by atoms with Crippen molar-refractivity contribution in [2.75, 3.05) is 11.9 Å². The molecule has 0 atom stereocenters. The molecule has 0 saturated heterocycles. The van der Waals surface area contributed by atoms with Crippen molar-refractivity contribution in [3.05, 3.63) is 59.3 Å². The van der Waals surface area contributed by atoms with Crippen LogP contribution in [-0.2, 0) is 6.42 Å². The third kappa shape index (κ3) is 4.91. The average Bonchev–Trinajstić information content (AvgIpc) is 2.97. The van der Waals surface area contributed by atoms with Gasteiger partial charge in [-0.15, -0.1) is 0 Å². The molecule has 0 saturated carbocycles. The van der Waals surface area contributed by atoms with Crippen molar-refractivity contribution < 1.29 is 4.79 Å². The molecule has 0 radical (unpaired) electrons. The van der Waals surface area contributed by atoms with E-state index in [4.69, 9.17) is 0 Å². The molecule has 3 aromatic rings. The fourth-order valence-electron chi connectivity index (χ4n) is 2.96. The Kier molecular flexibility index (Phi) is 5.80. The van der Waals surface area contributed by atoms with E-state index in [2.05, 4.69) is 30.8 Å². The fourth-order valence-corrected chi connectivity index (χ4v) is 2.96. The van der Waals surface area contributed by atoms with E-state index in [-0.39, 0.29) is 6.03 Å². The summed E-state index contributed by atoms with van der Waals surface area (Å²) in [7, 11) is 0. The second-order valence-electron chi connectivity index (χ2n) is 6.47. The summed E-state index contributed by atoms with van der Waals surface area (Å²) in [6, 6.07) is 9.25. The van der Waals surface area contributed by atoms with Crippen LogP contribution in [0.25, 0.3) is 11.3 Å². The minimum atomic E-state index is -0.216. The maximum Gasteiger partial charge on any atom is 0.319 e. The highest BCUT2D eigenvalue weighted by molar-refractivity contribution is 5.90. The molecule has 0 bridgehead atoms. The first-order valence-corrected chi connectivity index (χ1v) is 8.98. The van der Waals surface area contributed by atoms with Crippen molar-refractivity contribution in [3.63, 3.8) is 0 Å². The minimum Gasteiger partial charge on any atom is -0.338 e. The number of aromatic amines is 1. The Hall–Kier alpha value is -3.22. The number of amides is 2. The summed E-state index contributed by atoms with van der Waals surface area (Å²) in [5.41, 5.74) is 5.83. The monoisotopic (exact) mass is 364 g/mol. The van der Waals surface area contributed by atoms with Crippen LogP contribution in [0.5, 0.6) is 0 Å². The van der Waals surface area contributed by atoms with Gasteiger partial charge in [0.25, 0.3) is 0 Å². The average molecular weight is 364 g/mol. The third-order valence-corrected chi connectivity index (χ3v) is 4.36. The van der Waals surface area contributed by atoms with Crippen molar-refractivity contribution in [1.29, 1.82) is 0 Å². The molecule has 3 N–H and O–H groups in total. The zero-order valence-electron chi connectivity index (χ0n) is 15.8. The van der Waals surface area contributed by atoms with Gasteiger partial charge in [0.05, 0.1) is 11.4 Å². The van der Waals surface area contributed by atoms with Crippen LogP contribution in [0.1, 0.15) is 29.2 Å². The Morgan fingerprint density at radius 3 is 2.78 bits per heavy atom. The highest BCUT2D eigenvalue weighted by Gasteiger charge is 2.07. The lowest BCUT2D eigenvalue weighted by atomic mass is 10.1. The van der Waals surface area contributed by atoms with Gasteiger partial charge < -0.3 is 10.6 Å². The predicted octanol–water partition coefficient (Wildman–Crippen LogP) is 3.55. The van der Waals surface area contributed by atoms with Gasteiger partial charge >= 0.3 is 6.03 Å². The van der Waals surface area contributed by atoms with Gasteiger partial charge in [0, 0.05) is 29.7 Å². The van der Waals surface area contributed by atoms with Crippen molar-refractivity contribution >= 4 is 11.7 Å². The molecule has 2 aromatic heterocycles. The highest BCUT2D eigenvalue weighted by Crippen LogP contribution is 2.20. The quantitative estimate of drug-likeness (QED) is 0.583. The summed E-state index contributed by atoms with van der Waals surface area (Å²) in [6.07, 6.45) is 3.47. The number of carbonyl (C=O) groups excluding carboxylic acids is 1. The van der Waals surface area contributed by atoms with Crippen molar-refractivity contribution in [2.45, 2.75) is 33.6 Å². The van der Waals surface area contributed by atoms with Crippen LogP contribution in [0.2, 0.25) is 0 Å². The smallest absolute Gasteiger partial charge is 0.319 e. The number of aromatic nitrogens is 4. The number of H-pyrrole nitrogens is 1. The molecule has 2 amide bonds. The van der Waals surface area contributed by atoms with Crippen LogP contribution in [0.4, 0.5) is 10.5 Å². The second kappa shape index (κ2) is 8.44. The standard InChI is InChI=1S/C20H24N6O/c1-13-18(14(2)26-25-13)8-5-10-22-20(27)24-17-7-4-6-16(12-17)19-9-11-21-15(3)23-19/h4,6-7,9,11-12H,5,8,10H2,1-3H3,(H,25,26)(H2,22,24,27). The van der Waals surface area contributed by atoms with Gasteiger partial charge in [-0.25, -0.2) is 14.8 Å². The summed E-state index contributed by atoms with van der Waals surface area (Å²) in [5, 5.41) is 12.9. The van der Waals surface area contributed by atoms with E-state index in [9.17, 15) is 4.79 Å². The van der Waals surface area contributed by atoms with Crippen LogP contribution >= 0.6 is 0 Å². The van der Waals surface area contributed by atoms with Gasteiger partial charge in [0.2, 0.25) is 0 Å². The minimum absolute atomic E-state index is 0.216. The van der Waals surface area contributed by atoms with Gasteiger partial charge in [0.1, 0.15) is 5.82 Å². The molecule has 0 aliphatic heterocycles. The molecule has 27 heavy (non-hydrogen) atoms. The lowest BCUT2D eigenvalue weighted by Gasteiger charge is -2.09. The van der Waals surface area contributed by atoms with Crippen molar-refractivity contribution in [3.8, 4) is 11.3 Å². The molecule has 0 aliphatic rings. The Morgan fingerprint density at radius 1 is 1.19 bits per heavy atom. The maximum atomic E-state index is 12.1. The SMILES string of the molecule is Cc1nccc(-c2cccc(NC(=O)NCCCc3c(C)n[nH]c3C)c2)n1. The zero-order chi connectivity index (χ0) is 19.2. The molecular weight excluding hydrogens is 340 g/mol. The Bertz CT molecular complexity index is 914. The lowest BCUT2D eigenvalue weighted by molar-refractivity contribution is 0.252. The molecule has 7 heteroatoms. The molecular formula is C20H24N6O. The highest BCUT2D eigenvalue weighted by atomic mass is 16.2. The molecule has 0 spiro atoms. The molecule has 1 aromatic carbocycles. The van der Waals surface area contributed by atoms with E-state index in [1.807, 2.05) is 51.1 Å². The van der Waals surface area contributed by atoms with Crippen molar-refractivity contribution in [1.82, 2.24) is 25.5 Å². The van der Waals surface area contributed by atoms with E-state index in [1.165, 1.54) is 5.56 Å². The topological polar surface area (TPSA) is 95.6 Å². The van der Waals surface area contributed by atoms with E-state index in [0.29, 0.717) is 12.4 Å². The summed E-state index contributed by atoms with van der Waals surface area (Å²) >= 11 is 0. The number of rotatable bonds is 6. The normalized spacial score (nSPS) is 10.6. The van der Waals surface area contributed by atoms with Crippen LogP contribution in [0, 0.1) is 20.8 Å². The number of carbonyl (C=O) groups is 1. The molecule has 0 fully saturated rings. The van der Waals surface area contributed by atoms with Gasteiger partial charge in [0.15, 0.2) is 0 Å². The third-order valence-electron chi connectivity index (χ3n) is 4.36. The lowest BCUT2D eigenvalue weighted by Crippen LogP contribution is -2.29. The van der Waals surface area contributed by atoms with Crippen molar-refractivity contribution in [2.24, 2.45) is 0 Å². The number of hydrogen-bond donors (Lipinski definition) is 3. The first kappa shape index (κ1) is 18.6. The summed E-state index contributed by atoms with van der Waals surface area (Å²) in [6.45, 7) is 6.46. The zero-order valence-corrected chi connectivity index (χ0v) is 15.8. The van der Waals surface area contributed by atoms with Gasteiger partial charge in [-0.1, -0.05) is 12.1 Å². The van der Waals surface area contributed by atoms with E-state index < -0.39 is 0 Å². The molecule has 140 valence electrons. The summed E-state index contributed by atoms with van der Waals surface area (Å²) in [4.78, 5) is 20.7. The number of nitrogens with one attached hydrogen (secondary N) is 3. The van der Waals surface area contributed by atoms with E-state index in [0.717, 1.165) is 41.2 Å². The summed E-state index contributed by atoms with van der Waals surface area (Å²) in [5.74, 6) is 0.715. The first-order valence-electron chi connectivity index (χ1n) is 8.98. The molecule has 2 heterocycles. The second-order valence-corrected chi connectivity index (χ2v) is 6.47. The number of urea groups is 1. The maximum absolute atomic E-state index is 12.1. The number of benzene rings is 1. The molecule has 7 nitrogen and oxygen atoms in total. The van der Waals surface area contributed by atoms with Gasteiger partial charge in [-0.2, -0.15) is 5.10 Å². The van der Waals surface area contributed by atoms with Crippen LogP contribution in [-0.4, -0.2) is 32.7 Å². The Balaban J connectivity index is 1.51. The Labute approximate surface area is 158 Å². The number of anilines is 1. The summed E-state index contributed by atoms with van der Waals surface area (Å²) < 4.78 is 0. The molecule has 0 aliphatic carbocycles. The number of nitrogens with zero attached hydrogens (tertiary/aromatic N) is 3. The molecule has 0 unspecified atom stereocenters. The largest absolute Gasteiger partial charge is 0.338 e. The van der Waals surface area contributed by atoms with E-state index >= 15 is 0 Å². The van der Waals surface area contributed by atoms with Crippen LogP contribution in [0.3, 0.4) is 0 Å².